The first kappa shape index (κ1) is 58.1. The Morgan fingerprint density at radius 3 is 1.89 bits per heavy atom. The second kappa shape index (κ2) is 25.9. The highest BCUT2D eigenvalue weighted by Gasteiger charge is 2.48. The van der Waals surface area contributed by atoms with E-state index in [1.54, 1.807) is 44.4 Å². The molecule has 22 nitrogen and oxygen atoms in total. The van der Waals surface area contributed by atoms with Crippen LogP contribution < -0.4 is 4.90 Å². The third kappa shape index (κ3) is 15.4. The lowest BCUT2D eigenvalue weighted by atomic mass is 9.76. The normalized spacial score (nSPS) is 20.0. The molecule has 5 rings (SSSR count). The van der Waals surface area contributed by atoms with E-state index >= 15 is 0 Å². The molecular formula is C47H61N3O19S3-2. The predicted molar refractivity (Wildman–Crippen MR) is 254 cm³/mol. The molecule has 1 saturated heterocycles. The number of hydroxylamine groups is 2. The van der Waals surface area contributed by atoms with Gasteiger partial charge in [0.25, 0.3) is 11.8 Å². The summed E-state index contributed by atoms with van der Waals surface area (Å²) in [6, 6.07) is 8.05. The van der Waals surface area contributed by atoms with Crippen LogP contribution in [0.2, 0.25) is 0 Å². The van der Waals surface area contributed by atoms with Crippen LogP contribution in [0.25, 0.3) is 0 Å². The van der Waals surface area contributed by atoms with Crippen LogP contribution in [-0.4, -0.2) is 171 Å². The molecule has 0 N–H and O–H groups in total. The number of nitrogens with zero attached hydrogens (tertiary/aromatic N) is 3. The fourth-order valence-corrected chi connectivity index (χ4v) is 10.2. The SMILES string of the molecule is COCCOCCOCCOCC[N+]1=C(/C=C/C=C/C=C2/N(CCOCCC(=O)ON3C(=O)CCC3=O)c3ccc(S(=O)(=O)[O-])cc3C2(C)CCOC)C(C)(CCCS(=O)(=O)[O-])c2cc(S(=O)(=O)[O-])ccc21. The molecule has 3 aliphatic heterocycles. The number of methoxy groups -OCH3 is 2. The maximum Gasteiger partial charge on any atom is 0.335 e. The van der Waals surface area contributed by atoms with E-state index in [-0.39, 0.29) is 84.8 Å². The van der Waals surface area contributed by atoms with Crippen molar-refractivity contribution in [1.82, 2.24) is 5.06 Å². The van der Waals surface area contributed by atoms with Gasteiger partial charge in [0.1, 0.15) is 26.8 Å². The predicted octanol–water partition coefficient (Wildman–Crippen LogP) is 2.70. The number of amides is 2. The lowest BCUT2D eigenvalue weighted by Crippen LogP contribution is -2.33. The number of rotatable bonds is 31. The van der Waals surface area contributed by atoms with Crippen molar-refractivity contribution in [3.8, 4) is 0 Å². The van der Waals surface area contributed by atoms with Gasteiger partial charge in [-0.05, 0) is 75.1 Å². The topological polar surface area (TPSA) is 297 Å². The summed E-state index contributed by atoms with van der Waals surface area (Å²) in [6.45, 7) is 6.48. The quantitative estimate of drug-likeness (QED) is 0.0345. The number of anilines is 1. The van der Waals surface area contributed by atoms with Gasteiger partial charge < -0.3 is 51.8 Å². The molecule has 25 heteroatoms. The largest absolute Gasteiger partial charge is 0.748 e. The summed E-state index contributed by atoms with van der Waals surface area (Å²) in [6.07, 6.45) is 8.62. The molecule has 0 aromatic heterocycles. The summed E-state index contributed by atoms with van der Waals surface area (Å²) in [5, 5.41) is 0.450. The van der Waals surface area contributed by atoms with Crippen LogP contribution >= 0.6 is 0 Å². The van der Waals surface area contributed by atoms with Crippen molar-refractivity contribution in [3.63, 3.8) is 0 Å². The van der Waals surface area contributed by atoms with Crippen LogP contribution in [0.15, 0.2) is 82.3 Å². The van der Waals surface area contributed by atoms with Gasteiger partial charge in [-0.15, -0.1) is 5.06 Å². The Labute approximate surface area is 420 Å². The average Bonchev–Trinajstić information content (AvgIpc) is 3.84. The molecule has 0 radical (unpaired) electrons. The fraction of sp³-hybridized carbons (Fsp3) is 0.532. The minimum Gasteiger partial charge on any atom is -0.748 e. The van der Waals surface area contributed by atoms with Crippen molar-refractivity contribution in [2.45, 2.75) is 73.0 Å². The third-order valence-corrected chi connectivity index (χ3v) is 14.8. The molecule has 2 aromatic carbocycles. The van der Waals surface area contributed by atoms with Crippen molar-refractivity contribution >= 4 is 65.2 Å². The Morgan fingerprint density at radius 1 is 0.694 bits per heavy atom. The first-order chi connectivity index (χ1) is 34.0. The van der Waals surface area contributed by atoms with Crippen LogP contribution in [-0.2, 0) is 88.8 Å². The van der Waals surface area contributed by atoms with Crippen molar-refractivity contribution in [3.05, 3.63) is 83.6 Å². The maximum absolute atomic E-state index is 12.4. The van der Waals surface area contributed by atoms with Crippen LogP contribution in [0.1, 0.15) is 63.5 Å². The molecular weight excluding hydrogens is 1010 g/mol. The number of hydrogen-bond acceptors (Lipinski definition) is 20. The second-order valence-electron chi connectivity index (χ2n) is 17.3. The number of imide groups is 1. The first-order valence-electron chi connectivity index (χ1n) is 23.0. The third-order valence-electron chi connectivity index (χ3n) is 12.3. The summed E-state index contributed by atoms with van der Waals surface area (Å²) in [5.41, 5.74) is 1.27. The molecule has 1 fully saturated rings. The molecule has 0 bridgehead atoms. The lowest BCUT2D eigenvalue weighted by Gasteiger charge is -2.30. The van der Waals surface area contributed by atoms with Gasteiger partial charge in [-0.2, -0.15) is 4.58 Å². The number of benzene rings is 2. The molecule has 72 heavy (non-hydrogen) atoms. The van der Waals surface area contributed by atoms with Crippen LogP contribution in [0, 0.1) is 0 Å². The van der Waals surface area contributed by atoms with Crippen LogP contribution in [0.3, 0.4) is 0 Å². The molecule has 398 valence electrons. The Kier molecular flexibility index (Phi) is 20.9. The van der Waals surface area contributed by atoms with E-state index in [0.717, 1.165) is 0 Å². The summed E-state index contributed by atoms with van der Waals surface area (Å²) >= 11 is 0. The van der Waals surface area contributed by atoms with Gasteiger partial charge in [0.15, 0.2) is 12.3 Å². The Hall–Kier alpha value is -4.77. The van der Waals surface area contributed by atoms with E-state index in [2.05, 4.69) is 0 Å². The van der Waals surface area contributed by atoms with Gasteiger partial charge in [0.05, 0.1) is 84.6 Å². The van der Waals surface area contributed by atoms with Gasteiger partial charge in [0, 0.05) is 80.5 Å². The molecule has 2 unspecified atom stereocenters. The van der Waals surface area contributed by atoms with Crippen LogP contribution in [0.4, 0.5) is 11.4 Å². The summed E-state index contributed by atoms with van der Waals surface area (Å²) in [4.78, 5) is 42.0. The molecule has 3 aliphatic rings. The van der Waals surface area contributed by atoms with E-state index < -0.39 is 74.5 Å². The maximum atomic E-state index is 12.4. The van der Waals surface area contributed by atoms with Gasteiger partial charge >= 0.3 is 5.97 Å². The Morgan fingerprint density at radius 2 is 1.28 bits per heavy atom. The van der Waals surface area contributed by atoms with Gasteiger partial charge in [-0.3, -0.25) is 9.59 Å². The highest BCUT2D eigenvalue weighted by molar-refractivity contribution is 7.86. The number of fused-ring (bicyclic) bond motifs is 2. The minimum absolute atomic E-state index is 0.0362. The lowest BCUT2D eigenvalue weighted by molar-refractivity contribution is -0.442. The van der Waals surface area contributed by atoms with Crippen molar-refractivity contribution in [2.75, 3.05) is 104 Å². The van der Waals surface area contributed by atoms with Crippen molar-refractivity contribution in [1.29, 1.82) is 0 Å². The highest BCUT2D eigenvalue weighted by Crippen LogP contribution is 2.51. The molecule has 3 heterocycles. The van der Waals surface area contributed by atoms with Crippen LogP contribution in [0.5, 0.6) is 0 Å². The Bertz CT molecular complexity index is 2720. The smallest absolute Gasteiger partial charge is 0.335 e. The molecule has 0 spiro atoms. The number of carbonyl (C=O) groups is 3. The molecule has 0 aliphatic carbocycles. The molecule has 2 aromatic rings. The zero-order valence-corrected chi connectivity index (χ0v) is 43.1. The van der Waals surface area contributed by atoms with Gasteiger partial charge in [0.2, 0.25) is 5.69 Å². The van der Waals surface area contributed by atoms with E-state index in [1.807, 2.05) is 16.4 Å². The Balaban J connectivity index is 1.45. The van der Waals surface area contributed by atoms with E-state index in [9.17, 15) is 53.3 Å². The van der Waals surface area contributed by atoms with Gasteiger partial charge in [-0.25, -0.2) is 30.0 Å². The minimum atomic E-state index is -4.91. The monoisotopic (exact) mass is 1070 g/mol. The summed E-state index contributed by atoms with van der Waals surface area (Å²) < 4.78 is 144. The van der Waals surface area contributed by atoms with Gasteiger partial charge in [-0.1, -0.05) is 18.2 Å². The number of allylic oxidation sites excluding steroid dienone is 6. The van der Waals surface area contributed by atoms with E-state index in [4.69, 9.17) is 33.3 Å². The molecule has 0 saturated carbocycles. The average molecular weight is 1070 g/mol. The number of ether oxygens (including phenoxy) is 6. The van der Waals surface area contributed by atoms with E-state index in [0.29, 0.717) is 71.8 Å². The zero-order chi connectivity index (χ0) is 52.7. The first-order valence-corrected chi connectivity index (χ1v) is 27.4. The van der Waals surface area contributed by atoms with Crippen molar-refractivity contribution < 1.29 is 91.1 Å². The van der Waals surface area contributed by atoms with E-state index in [1.165, 1.54) is 43.5 Å². The molecule has 2 atom stereocenters. The number of hydrogen-bond donors (Lipinski definition) is 0. The van der Waals surface area contributed by atoms with Crippen molar-refractivity contribution in [2.24, 2.45) is 0 Å². The summed E-state index contributed by atoms with van der Waals surface area (Å²) in [5.74, 6) is -2.76. The second-order valence-corrected chi connectivity index (χ2v) is 21.5. The highest BCUT2D eigenvalue weighted by atomic mass is 32.2. The zero-order valence-electron chi connectivity index (χ0n) is 40.6. The summed E-state index contributed by atoms with van der Waals surface area (Å²) in [7, 11) is -11.3. The fourth-order valence-electron chi connectivity index (χ4n) is 8.71. The standard InChI is InChI=1S/C47H63N3O19S3/c1-46(18-8-32-70(54,55)56)37-33-35(71(57,58)59)11-13-39(37)48(21-25-66-28-29-68-31-30-67-27-26-64-4)41(46)9-6-5-7-10-42-47(2,19-23-63-3)38-34-36(72(60,61)62)12-14-40(38)49(42)20-24-65-22-17-45(53)69-50-43(51)15-16-44(50)52/h5-7,9-14,33-34H,8,15-32H2,1-4H3,(H2-,54,55,56,57,58,59,60,61,62)/p-2. The number of carbonyl (C=O) groups excluding carboxylic acids is 3. The molecule has 2 amide bonds.